The van der Waals surface area contributed by atoms with Crippen molar-refractivity contribution in [2.24, 2.45) is 4.99 Å². The number of hydrogen-bond donors (Lipinski definition) is 2. The van der Waals surface area contributed by atoms with Crippen LogP contribution in [0.1, 0.15) is 25.3 Å². The van der Waals surface area contributed by atoms with Crippen LogP contribution in [0.25, 0.3) is 0 Å². The molecular weight excluding hydrogens is 427 g/mol. The molecule has 6 heteroatoms. The number of ether oxygens (including phenoxy) is 1. The molecule has 0 radical (unpaired) electrons. The summed E-state index contributed by atoms with van der Waals surface area (Å²) in [4.78, 5) is 7.21. The van der Waals surface area contributed by atoms with Crippen molar-refractivity contribution in [1.82, 2.24) is 10.6 Å². The molecule has 1 heterocycles. The monoisotopic (exact) mass is 456 g/mol. The maximum atomic E-state index is 5.47. The maximum absolute atomic E-state index is 5.47. The quantitative estimate of drug-likeness (QED) is 0.310. The summed E-state index contributed by atoms with van der Waals surface area (Å²) in [5.74, 6) is 0.906. The molecule has 5 nitrogen and oxygen atoms in total. The third-order valence-corrected chi connectivity index (χ3v) is 4.44. The number of anilines is 1. The molecule has 1 aliphatic carbocycles. The minimum absolute atomic E-state index is 0. The van der Waals surface area contributed by atoms with E-state index in [1.807, 2.05) is 0 Å². The highest BCUT2D eigenvalue weighted by molar-refractivity contribution is 14.0. The van der Waals surface area contributed by atoms with E-state index < -0.39 is 0 Å². The van der Waals surface area contributed by atoms with Gasteiger partial charge in [0.15, 0.2) is 5.96 Å². The Bertz CT molecular complexity index is 577. The van der Waals surface area contributed by atoms with Crippen molar-refractivity contribution >= 4 is 35.6 Å². The van der Waals surface area contributed by atoms with Crippen molar-refractivity contribution in [2.75, 3.05) is 37.7 Å². The number of guanidine groups is 1. The van der Waals surface area contributed by atoms with Crippen LogP contribution in [0.4, 0.5) is 5.69 Å². The van der Waals surface area contributed by atoms with Crippen LogP contribution in [-0.2, 0) is 11.3 Å². The third-order valence-electron chi connectivity index (χ3n) is 4.44. The first-order valence-corrected chi connectivity index (χ1v) is 8.97. The van der Waals surface area contributed by atoms with Gasteiger partial charge in [0.1, 0.15) is 0 Å². The van der Waals surface area contributed by atoms with Crippen molar-refractivity contribution in [2.45, 2.75) is 32.4 Å². The second-order valence-corrected chi connectivity index (χ2v) is 6.21. The normalized spacial score (nSPS) is 18.1. The molecule has 2 N–H and O–H groups in total. The summed E-state index contributed by atoms with van der Waals surface area (Å²) in [7, 11) is 0. The van der Waals surface area contributed by atoms with Crippen LogP contribution < -0.4 is 15.5 Å². The Hall–Kier alpha value is -1.28. The van der Waals surface area contributed by atoms with Gasteiger partial charge in [0.25, 0.3) is 0 Å². The van der Waals surface area contributed by atoms with Gasteiger partial charge in [0.05, 0.1) is 19.8 Å². The van der Waals surface area contributed by atoms with Crippen LogP contribution in [0, 0.1) is 0 Å². The number of hydrogen-bond acceptors (Lipinski definition) is 3. The predicted molar refractivity (Wildman–Crippen MR) is 115 cm³/mol. The summed E-state index contributed by atoms with van der Waals surface area (Å²) in [5.41, 5.74) is 2.55. The summed E-state index contributed by atoms with van der Waals surface area (Å²) in [6.45, 7) is 7.17. The molecule has 0 amide bonds. The van der Waals surface area contributed by atoms with Crippen LogP contribution in [0.5, 0.6) is 0 Å². The van der Waals surface area contributed by atoms with E-state index in [1.54, 1.807) is 0 Å². The SMILES string of the molecule is CCNC(=NCc1ccccc1N1CCOCC1)NC1CC=CC1.I. The molecule has 0 saturated carbocycles. The highest BCUT2D eigenvalue weighted by Crippen LogP contribution is 2.22. The van der Waals surface area contributed by atoms with Gasteiger partial charge < -0.3 is 20.3 Å². The van der Waals surface area contributed by atoms with Crippen molar-refractivity contribution in [3.63, 3.8) is 0 Å². The molecule has 1 aliphatic heterocycles. The zero-order chi connectivity index (χ0) is 16.6. The minimum atomic E-state index is 0. The van der Waals surface area contributed by atoms with Gasteiger partial charge in [-0.3, -0.25) is 0 Å². The molecule has 0 bridgehead atoms. The molecule has 0 spiro atoms. The van der Waals surface area contributed by atoms with E-state index in [1.165, 1.54) is 11.3 Å². The van der Waals surface area contributed by atoms with Crippen LogP contribution >= 0.6 is 24.0 Å². The summed E-state index contributed by atoms with van der Waals surface area (Å²) in [6, 6.07) is 9.03. The molecule has 1 fully saturated rings. The molecule has 2 aliphatic rings. The first-order chi connectivity index (χ1) is 11.9. The van der Waals surface area contributed by atoms with Crippen molar-refractivity contribution in [3.05, 3.63) is 42.0 Å². The van der Waals surface area contributed by atoms with Crippen molar-refractivity contribution < 1.29 is 4.74 Å². The average molecular weight is 456 g/mol. The Balaban J connectivity index is 0.00000225. The van der Waals surface area contributed by atoms with Gasteiger partial charge in [0, 0.05) is 31.4 Å². The summed E-state index contributed by atoms with van der Waals surface area (Å²) in [6.07, 6.45) is 6.62. The van der Waals surface area contributed by atoms with E-state index in [0.29, 0.717) is 12.6 Å². The van der Waals surface area contributed by atoms with E-state index in [0.717, 1.165) is 51.6 Å². The zero-order valence-electron chi connectivity index (χ0n) is 14.9. The lowest BCUT2D eigenvalue weighted by atomic mass is 10.1. The number of halogens is 1. The number of morpholine rings is 1. The van der Waals surface area contributed by atoms with E-state index >= 15 is 0 Å². The lowest BCUT2D eigenvalue weighted by Gasteiger charge is -2.30. The lowest BCUT2D eigenvalue weighted by Crippen LogP contribution is -2.42. The van der Waals surface area contributed by atoms with Crippen LogP contribution in [0.2, 0.25) is 0 Å². The maximum Gasteiger partial charge on any atom is 0.191 e. The number of para-hydroxylation sites is 1. The van der Waals surface area contributed by atoms with Crippen molar-refractivity contribution in [3.8, 4) is 0 Å². The van der Waals surface area contributed by atoms with Crippen LogP contribution in [0.15, 0.2) is 41.4 Å². The van der Waals surface area contributed by atoms with Crippen molar-refractivity contribution in [1.29, 1.82) is 0 Å². The number of nitrogens with zero attached hydrogens (tertiary/aromatic N) is 2. The van der Waals surface area contributed by atoms with Gasteiger partial charge in [-0.25, -0.2) is 4.99 Å². The van der Waals surface area contributed by atoms with Gasteiger partial charge in [0.2, 0.25) is 0 Å². The van der Waals surface area contributed by atoms with E-state index in [2.05, 4.69) is 58.9 Å². The van der Waals surface area contributed by atoms with Gasteiger partial charge in [-0.15, -0.1) is 24.0 Å². The Morgan fingerprint density at radius 3 is 2.64 bits per heavy atom. The highest BCUT2D eigenvalue weighted by atomic mass is 127. The van der Waals surface area contributed by atoms with Crippen LogP contribution in [-0.4, -0.2) is 44.8 Å². The lowest BCUT2D eigenvalue weighted by molar-refractivity contribution is 0.122. The second kappa shape index (κ2) is 10.7. The molecule has 0 atom stereocenters. The molecule has 1 aromatic carbocycles. The first-order valence-electron chi connectivity index (χ1n) is 8.97. The number of rotatable bonds is 5. The van der Waals surface area contributed by atoms with Gasteiger partial charge in [-0.1, -0.05) is 30.4 Å². The number of nitrogens with one attached hydrogen (secondary N) is 2. The van der Waals surface area contributed by atoms with E-state index in [9.17, 15) is 0 Å². The molecule has 3 rings (SSSR count). The first kappa shape index (κ1) is 20.0. The van der Waals surface area contributed by atoms with Gasteiger partial charge in [-0.2, -0.15) is 0 Å². The highest BCUT2D eigenvalue weighted by Gasteiger charge is 2.15. The number of benzene rings is 1. The summed E-state index contributed by atoms with van der Waals surface area (Å²) >= 11 is 0. The molecule has 25 heavy (non-hydrogen) atoms. The average Bonchev–Trinajstić information content (AvgIpc) is 3.14. The molecule has 1 aromatic rings. The Labute approximate surface area is 167 Å². The largest absolute Gasteiger partial charge is 0.378 e. The van der Waals surface area contributed by atoms with Gasteiger partial charge in [-0.05, 0) is 31.4 Å². The topological polar surface area (TPSA) is 48.9 Å². The molecule has 0 unspecified atom stereocenters. The van der Waals surface area contributed by atoms with Crippen LogP contribution in [0.3, 0.4) is 0 Å². The van der Waals surface area contributed by atoms with Gasteiger partial charge >= 0.3 is 0 Å². The standard InChI is InChI=1S/C19H28N4O.HI/c1-2-20-19(22-17-8-4-5-9-17)21-15-16-7-3-6-10-18(16)23-11-13-24-14-12-23;/h3-7,10,17H,2,8-9,11-15H2,1H3,(H2,20,21,22);1H. The molecule has 138 valence electrons. The zero-order valence-corrected chi connectivity index (χ0v) is 17.2. The smallest absolute Gasteiger partial charge is 0.191 e. The Kier molecular flexibility index (Phi) is 8.54. The Morgan fingerprint density at radius 1 is 1.20 bits per heavy atom. The van der Waals surface area contributed by atoms with E-state index in [-0.39, 0.29) is 24.0 Å². The minimum Gasteiger partial charge on any atom is -0.378 e. The van der Waals surface area contributed by atoms with E-state index in [4.69, 9.17) is 9.73 Å². The fourth-order valence-corrected chi connectivity index (χ4v) is 3.17. The molecule has 1 saturated heterocycles. The predicted octanol–water partition coefficient (Wildman–Crippen LogP) is 2.91. The second-order valence-electron chi connectivity index (χ2n) is 6.21. The fraction of sp³-hybridized carbons (Fsp3) is 0.526. The fourth-order valence-electron chi connectivity index (χ4n) is 3.17. The summed E-state index contributed by atoms with van der Waals surface area (Å²) < 4.78 is 5.47. The number of aliphatic imine (C=N–C) groups is 1. The molecule has 0 aromatic heterocycles. The molecular formula is C19H29IN4O. The Morgan fingerprint density at radius 2 is 1.92 bits per heavy atom. The summed E-state index contributed by atoms with van der Waals surface area (Å²) in [5, 5.41) is 6.89. The third kappa shape index (κ3) is 5.88.